The number of hydrogen-bond donors (Lipinski definition) is 1. The molecule has 1 aliphatic rings. The van der Waals surface area contributed by atoms with Gasteiger partial charge in [0.15, 0.2) is 9.84 Å². The van der Waals surface area contributed by atoms with Gasteiger partial charge < -0.3 is 9.88 Å². The molecule has 0 bridgehead atoms. The van der Waals surface area contributed by atoms with Gasteiger partial charge in [0.05, 0.1) is 11.0 Å². The highest BCUT2D eigenvalue weighted by molar-refractivity contribution is 7.92. The fourth-order valence-corrected chi connectivity index (χ4v) is 5.63. The van der Waals surface area contributed by atoms with Crippen LogP contribution in [0.1, 0.15) is 63.3 Å². The molecule has 2 aromatic rings. The Morgan fingerprint density at radius 2 is 2.04 bits per heavy atom. The van der Waals surface area contributed by atoms with Crippen molar-refractivity contribution in [1.29, 1.82) is 0 Å². The Morgan fingerprint density at radius 1 is 1.29 bits per heavy atom. The SMILES string of the molecule is CC(C)c1nccn1Cc1cccc(NC(=O)CCS(=O)(=O)C2CCCC2)c1. The van der Waals surface area contributed by atoms with E-state index in [1.54, 1.807) is 6.20 Å². The van der Waals surface area contributed by atoms with Crippen molar-refractivity contribution < 1.29 is 13.2 Å². The zero-order chi connectivity index (χ0) is 20.1. The number of sulfone groups is 1. The van der Waals surface area contributed by atoms with Crippen LogP contribution < -0.4 is 5.32 Å². The highest BCUT2D eigenvalue weighted by Crippen LogP contribution is 2.25. The van der Waals surface area contributed by atoms with Crippen LogP contribution in [0.4, 0.5) is 5.69 Å². The first-order valence-electron chi connectivity index (χ1n) is 9.96. The van der Waals surface area contributed by atoms with Crippen molar-refractivity contribution in [3.05, 3.63) is 48.0 Å². The Balaban J connectivity index is 1.58. The molecule has 1 saturated carbocycles. The van der Waals surface area contributed by atoms with Crippen molar-refractivity contribution >= 4 is 21.4 Å². The van der Waals surface area contributed by atoms with Gasteiger partial charge in [0.1, 0.15) is 5.82 Å². The number of benzene rings is 1. The third kappa shape index (κ3) is 5.22. The number of rotatable bonds is 8. The summed E-state index contributed by atoms with van der Waals surface area (Å²) in [5.74, 6) is 1.02. The normalized spacial score (nSPS) is 15.2. The van der Waals surface area contributed by atoms with E-state index in [4.69, 9.17) is 0 Å². The lowest BCUT2D eigenvalue weighted by atomic mass is 10.1. The smallest absolute Gasteiger partial charge is 0.225 e. The lowest BCUT2D eigenvalue weighted by Gasteiger charge is -2.13. The highest BCUT2D eigenvalue weighted by atomic mass is 32.2. The third-order valence-corrected chi connectivity index (χ3v) is 7.51. The van der Waals surface area contributed by atoms with Gasteiger partial charge in [0.25, 0.3) is 0 Å². The molecule has 1 aromatic carbocycles. The molecule has 1 aromatic heterocycles. The van der Waals surface area contributed by atoms with Crippen LogP contribution in [0.2, 0.25) is 0 Å². The molecule has 1 fully saturated rings. The van der Waals surface area contributed by atoms with Crippen LogP contribution in [0, 0.1) is 0 Å². The average Bonchev–Trinajstić information content (AvgIpc) is 3.32. The summed E-state index contributed by atoms with van der Waals surface area (Å²) in [6.45, 7) is 4.89. The summed E-state index contributed by atoms with van der Waals surface area (Å²) in [7, 11) is -3.17. The maximum atomic E-state index is 12.3. The topological polar surface area (TPSA) is 81.1 Å². The number of amides is 1. The molecule has 6 nitrogen and oxygen atoms in total. The van der Waals surface area contributed by atoms with Gasteiger partial charge in [-0.3, -0.25) is 4.79 Å². The summed E-state index contributed by atoms with van der Waals surface area (Å²) in [5, 5.41) is 2.58. The Kier molecular flexibility index (Phi) is 6.54. The van der Waals surface area contributed by atoms with Crippen LogP contribution in [0.25, 0.3) is 0 Å². The molecule has 0 atom stereocenters. The number of imidazole rings is 1. The highest BCUT2D eigenvalue weighted by Gasteiger charge is 2.28. The Morgan fingerprint density at radius 3 is 2.75 bits per heavy atom. The molecular weight excluding hydrogens is 374 g/mol. The van der Waals surface area contributed by atoms with Gasteiger partial charge >= 0.3 is 0 Å². The number of anilines is 1. The van der Waals surface area contributed by atoms with Crippen molar-refractivity contribution in [3.8, 4) is 0 Å². The first-order chi connectivity index (χ1) is 13.3. The Hall–Kier alpha value is -2.15. The van der Waals surface area contributed by atoms with Gasteiger partial charge in [0, 0.05) is 37.0 Å². The van der Waals surface area contributed by atoms with Crippen LogP contribution in [0.5, 0.6) is 0 Å². The number of hydrogen-bond acceptors (Lipinski definition) is 4. The Bertz CT molecular complexity index is 912. The molecule has 0 aliphatic heterocycles. The summed E-state index contributed by atoms with van der Waals surface area (Å²) in [4.78, 5) is 16.7. The average molecular weight is 404 g/mol. The lowest BCUT2D eigenvalue weighted by molar-refractivity contribution is -0.115. The van der Waals surface area contributed by atoms with E-state index >= 15 is 0 Å². The van der Waals surface area contributed by atoms with Gasteiger partial charge in [-0.25, -0.2) is 13.4 Å². The van der Waals surface area contributed by atoms with Gasteiger partial charge in [-0.15, -0.1) is 0 Å². The minimum absolute atomic E-state index is 0.00206. The second-order valence-electron chi connectivity index (χ2n) is 7.84. The molecule has 1 heterocycles. The van der Waals surface area contributed by atoms with Crippen LogP contribution >= 0.6 is 0 Å². The first-order valence-corrected chi connectivity index (χ1v) is 11.7. The quantitative estimate of drug-likeness (QED) is 0.728. The number of carbonyl (C=O) groups is 1. The Labute approximate surface area is 167 Å². The second-order valence-corrected chi connectivity index (χ2v) is 10.2. The molecule has 152 valence electrons. The molecule has 0 unspecified atom stereocenters. The van der Waals surface area contributed by atoms with E-state index in [1.165, 1.54) is 0 Å². The van der Waals surface area contributed by atoms with Crippen molar-refractivity contribution in [1.82, 2.24) is 9.55 Å². The lowest BCUT2D eigenvalue weighted by Crippen LogP contribution is -2.24. The number of carbonyl (C=O) groups excluding carboxylic acids is 1. The van der Waals surface area contributed by atoms with Crippen LogP contribution in [-0.2, 0) is 21.2 Å². The molecule has 1 aliphatic carbocycles. The van der Waals surface area contributed by atoms with E-state index in [0.29, 0.717) is 18.2 Å². The van der Waals surface area contributed by atoms with E-state index in [9.17, 15) is 13.2 Å². The van der Waals surface area contributed by atoms with E-state index in [1.807, 2.05) is 30.5 Å². The number of nitrogens with zero attached hydrogens (tertiary/aromatic N) is 2. The van der Waals surface area contributed by atoms with E-state index in [-0.39, 0.29) is 23.3 Å². The predicted octanol–water partition coefficient (Wildman–Crippen LogP) is 3.74. The van der Waals surface area contributed by atoms with Crippen molar-refractivity contribution in [2.75, 3.05) is 11.1 Å². The largest absolute Gasteiger partial charge is 0.330 e. The van der Waals surface area contributed by atoms with Gasteiger partial charge in [-0.05, 0) is 30.5 Å². The molecular formula is C21H29N3O3S. The molecule has 3 rings (SSSR count). The molecule has 7 heteroatoms. The molecule has 1 N–H and O–H groups in total. The maximum Gasteiger partial charge on any atom is 0.225 e. The van der Waals surface area contributed by atoms with Crippen LogP contribution in [-0.4, -0.2) is 34.9 Å². The zero-order valence-electron chi connectivity index (χ0n) is 16.6. The van der Waals surface area contributed by atoms with E-state index in [2.05, 4.69) is 28.7 Å². The fraction of sp³-hybridized carbons (Fsp3) is 0.524. The minimum atomic E-state index is -3.17. The molecule has 0 radical (unpaired) electrons. The van der Waals surface area contributed by atoms with Crippen molar-refractivity contribution in [2.24, 2.45) is 0 Å². The predicted molar refractivity (Wildman–Crippen MR) is 111 cm³/mol. The fourth-order valence-electron chi connectivity index (χ4n) is 3.77. The minimum Gasteiger partial charge on any atom is -0.330 e. The summed E-state index contributed by atoms with van der Waals surface area (Å²) in [5.41, 5.74) is 1.74. The summed E-state index contributed by atoms with van der Waals surface area (Å²) >= 11 is 0. The molecule has 0 saturated heterocycles. The monoisotopic (exact) mass is 403 g/mol. The second kappa shape index (κ2) is 8.90. The van der Waals surface area contributed by atoms with Gasteiger partial charge in [0.2, 0.25) is 5.91 Å². The molecule has 0 spiro atoms. The van der Waals surface area contributed by atoms with Crippen molar-refractivity contribution in [2.45, 2.75) is 63.7 Å². The third-order valence-electron chi connectivity index (χ3n) is 5.25. The summed E-state index contributed by atoms with van der Waals surface area (Å²) in [6.07, 6.45) is 7.16. The molecule has 1 amide bonds. The van der Waals surface area contributed by atoms with Crippen LogP contribution in [0.15, 0.2) is 36.7 Å². The van der Waals surface area contributed by atoms with Gasteiger partial charge in [-0.2, -0.15) is 0 Å². The summed E-state index contributed by atoms with van der Waals surface area (Å²) < 4.78 is 26.7. The van der Waals surface area contributed by atoms with Crippen LogP contribution in [0.3, 0.4) is 0 Å². The van der Waals surface area contributed by atoms with E-state index < -0.39 is 9.84 Å². The number of nitrogens with one attached hydrogen (secondary N) is 1. The first kappa shape index (κ1) is 20.6. The molecule has 28 heavy (non-hydrogen) atoms. The number of aromatic nitrogens is 2. The van der Waals surface area contributed by atoms with Gasteiger partial charge in [-0.1, -0.05) is 38.8 Å². The maximum absolute atomic E-state index is 12.3. The van der Waals surface area contributed by atoms with Crippen molar-refractivity contribution in [3.63, 3.8) is 0 Å². The van der Waals surface area contributed by atoms with E-state index in [0.717, 1.165) is 37.1 Å². The summed E-state index contributed by atoms with van der Waals surface area (Å²) in [6, 6.07) is 7.65. The zero-order valence-corrected chi connectivity index (χ0v) is 17.4. The standard InChI is InChI=1S/C21H29N3O3S/c1-16(2)21-22-11-12-24(21)15-17-6-5-7-18(14-17)23-20(25)10-13-28(26,27)19-8-3-4-9-19/h5-7,11-12,14,16,19H,3-4,8-10,13,15H2,1-2H3,(H,23,25).